The molecule has 0 N–H and O–H groups in total. The third kappa shape index (κ3) is 6.89. The maximum absolute atomic E-state index is 6.83. The summed E-state index contributed by atoms with van der Waals surface area (Å²) < 4.78 is 11.2. The Balaban J connectivity index is 1.37. The van der Waals surface area contributed by atoms with Crippen molar-refractivity contribution in [2.24, 2.45) is 5.41 Å². The van der Waals surface area contributed by atoms with Gasteiger partial charge in [-0.2, -0.15) is 5.10 Å². The lowest BCUT2D eigenvalue weighted by Crippen LogP contribution is -2.12. The van der Waals surface area contributed by atoms with Gasteiger partial charge in [-0.3, -0.25) is 4.57 Å². The van der Waals surface area contributed by atoms with Crippen molar-refractivity contribution in [1.82, 2.24) is 19.3 Å². The summed E-state index contributed by atoms with van der Waals surface area (Å²) in [5.74, 6) is 2.45. The molecular weight excluding hydrogens is 637 g/mol. The van der Waals surface area contributed by atoms with E-state index in [0.717, 1.165) is 57.4 Å². The van der Waals surface area contributed by atoms with E-state index in [4.69, 9.17) is 14.8 Å². The Hall–Kier alpha value is -5.16. The molecule has 5 nitrogen and oxygen atoms in total. The summed E-state index contributed by atoms with van der Waals surface area (Å²) in [6.07, 6.45) is 2.94. The first-order valence-corrected chi connectivity index (χ1v) is 18.5. The number of aromatic nitrogens is 4. The highest BCUT2D eigenvalue weighted by atomic mass is 16.5. The van der Waals surface area contributed by atoms with Crippen LogP contribution in [0.15, 0.2) is 103 Å². The summed E-state index contributed by atoms with van der Waals surface area (Å²) in [5.41, 5.74) is 11.5. The Bertz CT molecular complexity index is 2430. The van der Waals surface area contributed by atoms with E-state index in [1.54, 1.807) is 0 Å². The van der Waals surface area contributed by atoms with E-state index in [1.807, 2.05) is 6.20 Å². The number of ether oxygens (including phenoxy) is 1. The first-order chi connectivity index (χ1) is 24.5. The number of nitrogens with zero attached hydrogens (tertiary/aromatic N) is 4. The minimum atomic E-state index is -0.0998. The summed E-state index contributed by atoms with van der Waals surface area (Å²) >= 11 is 0. The lowest BCUT2D eigenvalue weighted by atomic mass is 9.86. The molecular formula is C47H52N4O. The fourth-order valence-electron chi connectivity index (χ4n) is 7.34. The normalized spacial score (nSPS) is 12.6. The van der Waals surface area contributed by atoms with Gasteiger partial charge in [-0.15, -0.1) is 0 Å². The summed E-state index contributed by atoms with van der Waals surface area (Å²) in [6.45, 7) is 24.6. The van der Waals surface area contributed by atoms with Crippen LogP contribution in [0.5, 0.6) is 11.5 Å². The van der Waals surface area contributed by atoms with Crippen LogP contribution in [0.25, 0.3) is 44.4 Å². The third-order valence-electron chi connectivity index (χ3n) is 9.97. The number of aryl methyl sites for hydroxylation is 1. The van der Waals surface area contributed by atoms with Crippen molar-refractivity contribution >= 4 is 21.8 Å². The first kappa shape index (κ1) is 35.3. The van der Waals surface area contributed by atoms with Gasteiger partial charge in [0.05, 0.1) is 22.4 Å². The largest absolute Gasteiger partial charge is 0.457 e. The Labute approximate surface area is 309 Å². The van der Waals surface area contributed by atoms with Crippen molar-refractivity contribution in [2.75, 3.05) is 0 Å². The van der Waals surface area contributed by atoms with E-state index < -0.39 is 0 Å². The number of hydrogen-bond acceptors (Lipinski definition) is 3. The van der Waals surface area contributed by atoms with Crippen LogP contribution in [0.1, 0.15) is 90.4 Å². The Morgan fingerprint density at radius 1 is 0.635 bits per heavy atom. The molecule has 0 bridgehead atoms. The molecule has 0 amide bonds. The zero-order chi connectivity index (χ0) is 37.2. The van der Waals surface area contributed by atoms with Crippen LogP contribution in [-0.2, 0) is 17.3 Å². The second kappa shape index (κ2) is 12.8. The molecule has 0 fully saturated rings. The van der Waals surface area contributed by atoms with Crippen molar-refractivity contribution in [1.29, 1.82) is 0 Å². The van der Waals surface area contributed by atoms with E-state index in [9.17, 15) is 0 Å². The number of fused-ring (bicyclic) bond motifs is 3. The fraction of sp³-hybridized carbons (Fsp3) is 0.319. The summed E-state index contributed by atoms with van der Waals surface area (Å²) in [5, 5.41) is 7.45. The minimum absolute atomic E-state index is 0.00624. The lowest BCUT2D eigenvalue weighted by Gasteiger charge is -2.22. The van der Waals surface area contributed by atoms with Gasteiger partial charge >= 0.3 is 0 Å². The monoisotopic (exact) mass is 688 g/mol. The highest BCUT2D eigenvalue weighted by molar-refractivity contribution is 6.09. The Morgan fingerprint density at radius 3 is 2.06 bits per heavy atom. The zero-order valence-corrected chi connectivity index (χ0v) is 32.7. The molecule has 0 aliphatic carbocycles. The van der Waals surface area contributed by atoms with Gasteiger partial charge in [0, 0.05) is 40.4 Å². The van der Waals surface area contributed by atoms with Gasteiger partial charge in [-0.1, -0.05) is 98.7 Å². The highest BCUT2D eigenvalue weighted by Crippen LogP contribution is 2.39. The molecule has 0 radical (unpaired) electrons. The molecule has 0 unspecified atom stereocenters. The first-order valence-electron chi connectivity index (χ1n) is 18.5. The second-order valence-corrected chi connectivity index (χ2v) is 17.6. The molecule has 0 spiro atoms. The average molecular weight is 689 g/mol. The third-order valence-corrected chi connectivity index (χ3v) is 9.97. The Morgan fingerprint density at radius 2 is 1.37 bits per heavy atom. The molecule has 4 aromatic carbocycles. The van der Waals surface area contributed by atoms with Gasteiger partial charge < -0.3 is 4.74 Å². The summed E-state index contributed by atoms with van der Waals surface area (Å²) in [6, 6.07) is 34.8. The van der Waals surface area contributed by atoms with Gasteiger partial charge in [0.15, 0.2) is 0 Å². The molecule has 266 valence electrons. The molecule has 0 saturated heterocycles. The smallest absolute Gasteiger partial charge is 0.137 e. The molecule has 3 aromatic heterocycles. The van der Waals surface area contributed by atoms with Crippen LogP contribution in [0.3, 0.4) is 0 Å². The molecule has 7 rings (SSSR count). The van der Waals surface area contributed by atoms with E-state index in [-0.39, 0.29) is 16.2 Å². The van der Waals surface area contributed by atoms with Crippen LogP contribution >= 0.6 is 0 Å². The number of pyridine rings is 1. The maximum atomic E-state index is 6.83. The maximum Gasteiger partial charge on any atom is 0.137 e. The van der Waals surface area contributed by atoms with Crippen molar-refractivity contribution in [2.45, 2.75) is 93.4 Å². The molecule has 0 aliphatic rings. The van der Waals surface area contributed by atoms with Gasteiger partial charge in [-0.05, 0) is 107 Å². The van der Waals surface area contributed by atoms with E-state index in [0.29, 0.717) is 0 Å². The predicted molar refractivity (Wildman–Crippen MR) is 218 cm³/mol. The van der Waals surface area contributed by atoms with Crippen LogP contribution in [0.4, 0.5) is 0 Å². The second-order valence-electron chi connectivity index (χ2n) is 17.6. The zero-order valence-electron chi connectivity index (χ0n) is 32.7. The molecule has 5 heteroatoms. The van der Waals surface area contributed by atoms with Crippen molar-refractivity contribution in [3.63, 3.8) is 0 Å². The molecule has 0 aliphatic heterocycles. The van der Waals surface area contributed by atoms with Crippen molar-refractivity contribution in [3.05, 3.63) is 131 Å². The van der Waals surface area contributed by atoms with Gasteiger partial charge in [0.1, 0.15) is 17.3 Å². The van der Waals surface area contributed by atoms with Crippen LogP contribution in [0, 0.1) is 19.3 Å². The summed E-state index contributed by atoms with van der Waals surface area (Å²) in [7, 11) is 0. The van der Waals surface area contributed by atoms with Crippen molar-refractivity contribution < 1.29 is 4.74 Å². The van der Waals surface area contributed by atoms with E-state index in [1.165, 1.54) is 33.0 Å². The molecule has 52 heavy (non-hydrogen) atoms. The topological polar surface area (TPSA) is 44.9 Å². The van der Waals surface area contributed by atoms with Gasteiger partial charge in [0.2, 0.25) is 0 Å². The van der Waals surface area contributed by atoms with Gasteiger partial charge in [-0.25, -0.2) is 9.67 Å². The van der Waals surface area contributed by atoms with Crippen molar-refractivity contribution in [3.8, 4) is 34.1 Å². The number of hydrogen-bond donors (Lipinski definition) is 0. The highest BCUT2D eigenvalue weighted by Gasteiger charge is 2.22. The SMILES string of the molecule is Cc1nn(-c2cc(Oc3ccc4c5cc(CC(C)(C)C)ccc5n(-c5cc(C(C)(C)C)ccn5)c4c3)cc(C(C)(C)C)c2)c(C)c1-c1ccccc1. The molecule has 0 saturated carbocycles. The average Bonchev–Trinajstić information content (AvgIpc) is 3.55. The quantitative estimate of drug-likeness (QED) is 0.175. The number of rotatable bonds is 6. The number of benzene rings is 4. The van der Waals surface area contributed by atoms with Crippen LogP contribution in [-0.4, -0.2) is 19.3 Å². The molecule has 0 atom stereocenters. The van der Waals surface area contributed by atoms with E-state index in [2.05, 4.69) is 182 Å². The van der Waals surface area contributed by atoms with Crippen LogP contribution in [0.2, 0.25) is 0 Å². The molecule has 3 heterocycles. The minimum Gasteiger partial charge on any atom is -0.457 e. The fourth-order valence-corrected chi connectivity index (χ4v) is 7.34. The summed E-state index contributed by atoms with van der Waals surface area (Å²) in [4.78, 5) is 4.93. The lowest BCUT2D eigenvalue weighted by molar-refractivity contribution is 0.411. The Kier molecular flexibility index (Phi) is 8.68. The standard InChI is InChI=1S/C47H52N4O/c1-30-44(33-15-13-12-14-16-33)31(2)51(49-30)36-24-35(47(9,10)11)25-38(27-36)52-37-18-19-39-40-23-32(29-45(3,4)5)17-20-41(40)50(42(39)28-37)43-26-34(21-22-48-43)46(6,7)8/h12-28H,29H2,1-11H3. The van der Waals surface area contributed by atoms with Crippen LogP contribution < -0.4 is 4.74 Å². The van der Waals surface area contributed by atoms with Gasteiger partial charge in [0.25, 0.3) is 0 Å². The molecule has 7 aromatic rings. The predicted octanol–water partition coefficient (Wildman–Crippen LogP) is 12.6. The van der Waals surface area contributed by atoms with E-state index >= 15 is 0 Å².